The zero-order valence-electron chi connectivity index (χ0n) is 16.4. The van der Waals surface area contributed by atoms with E-state index in [1.54, 1.807) is 48.8 Å². The van der Waals surface area contributed by atoms with Crippen molar-refractivity contribution in [2.24, 2.45) is 0 Å². The van der Waals surface area contributed by atoms with Crippen LogP contribution in [0.3, 0.4) is 0 Å². The van der Waals surface area contributed by atoms with Crippen LogP contribution in [0.1, 0.15) is 11.3 Å². The van der Waals surface area contributed by atoms with E-state index < -0.39 is 5.95 Å². The molecule has 0 bridgehead atoms. The number of carbonyl (C=O) groups excluding carboxylic acids is 1. The predicted molar refractivity (Wildman–Crippen MR) is 114 cm³/mol. The number of Topliss-reactive ketones (excluding diaryl/α,β-unsaturated/α-hetero) is 1. The lowest BCUT2D eigenvalue weighted by atomic mass is 9.99. The standard InChI is InChI=1S/C24H16FN5O/c1-26-23-12-16(4-7-21(23)17-8-10-27-24(25)13-17)11-20(31)14-19-6-5-18(15-28-19)22-3-2-9-29-30-22/h2-10,12-13,15H,11,14H2. The Morgan fingerprint density at radius 3 is 2.58 bits per heavy atom. The minimum atomic E-state index is -0.606. The molecule has 31 heavy (non-hydrogen) atoms. The van der Waals surface area contributed by atoms with E-state index in [-0.39, 0.29) is 18.6 Å². The van der Waals surface area contributed by atoms with Crippen molar-refractivity contribution in [3.63, 3.8) is 0 Å². The zero-order chi connectivity index (χ0) is 21.6. The Morgan fingerprint density at radius 1 is 0.968 bits per heavy atom. The Balaban J connectivity index is 1.46. The minimum Gasteiger partial charge on any atom is -0.299 e. The monoisotopic (exact) mass is 409 g/mol. The highest BCUT2D eigenvalue weighted by Gasteiger charge is 2.11. The molecule has 0 saturated carbocycles. The Bertz CT molecular complexity index is 1270. The van der Waals surface area contributed by atoms with E-state index >= 15 is 0 Å². The molecule has 0 unspecified atom stereocenters. The summed E-state index contributed by atoms with van der Waals surface area (Å²) in [6, 6.07) is 15.4. The van der Waals surface area contributed by atoms with Gasteiger partial charge in [0.15, 0.2) is 5.69 Å². The first-order valence-corrected chi connectivity index (χ1v) is 9.49. The summed E-state index contributed by atoms with van der Waals surface area (Å²) in [4.78, 5) is 24.0. The third-order valence-electron chi connectivity index (χ3n) is 4.69. The minimum absolute atomic E-state index is 0.0154. The first-order chi connectivity index (χ1) is 15.1. The molecule has 6 nitrogen and oxygen atoms in total. The molecule has 4 rings (SSSR count). The second-order valence-electron chi connectivity index (χ2n) is 6.87. The zero-order valence-corrected chi connectivity index (χ0v) is 16.4. The van der Waals surface area contributed by atoms with Crippen LogP contribution in [-0.2, 0) is 17.6 Å². The van der Waals surface area contributed by atoms with Crippen LogP contribution in [0.15, 0.2) is 73.2 Å². The molecular weight excluding hydrogens is 393 g/mol. The Kier molecular flexibility index (Phi) is 5.81. The van der Waals surface area contributed by atoms with Crippen molar-refractivity contribution in [3.8, 4) is 22.4 Å². The van der Waals surface area contributed by atoms with Gasteiger partial charge in [0, 0.05) is 42.7 Å². The lowest BCUT2D eigenvalue weighted by Crippen LogP contribution is -2.08. The first kappa shape index (κ1) is 20.0. The van der Waals surface area contributed by atoms with E-state index in [0.717, 1.165) is 11.1 Å². The second kappa shape index (κ2) is 9.01. The lowest BCUT2D eigenvalue weighted by molar-refractivity contribution is -0.117. The molecule has 0 aliphatic carbocycles. The van der Waals surface area contributed by atoms with Gasteiger partial charge >= 0.3 is 0 Å². The molecule has 0 N–H and O–H groups in total. The van der Waals surface area contributed by atoms with E-state index in [2.05, 4.69) is 25.0 Å². The number of halogens is 1. The number of aromatic nitrogens is 4. The number of hydrogen-bond acceptors (Lipinski definition) is 5. The van der Waals surface area contributed by atoms with Gasteiger partial charge in [0.1, 0.15) is 5.78 Å². The summed E-state index contributed by atoms with van der Waals surface area (Å²) >= 11 is 0. The highest BCUT2D eigenvalue weighted by atomic mass is 19.1. The van der Waals surface area contributed by atoms with Gasteiger partial charge in [-0.15, -0.1) is 0 Å². The maximum Gasteiger partial charge on any atom is 0.213 e. The van der Waals surface area contributed by atoms with Gasteiger partial charge in [-0.2, -0.15) is 14.6 Å². The van der Waals surface area contributed by atoms with E-state index in [4.69, 9.17) is 6.57 Å². The average molecular weight is 409 g/mol. The lowest BCUT2D eigenvalue weighted by Gasteiger charge is -2.08. The van der Waals surface area contributed by atoms with Crippen molar-refractivity contribution in [3.05, 3.63) is 102 Å². The summed E-state index contributed by atoms with van der Waals surface area (Å²) in [5, 5.41) is 7.89. The van der Waals surface area contributed by atoms with Crippen LogP contribution in [0.25, 0.3) is 27.2 Å². The summed E-state index contributed by atoms with van der Waals surface area (Å²) in [6.45, 7) is 7.45. The van der Waals surface area contributed by atoms with E-state index in [1.165, 1.54) is 12.3 Å². The van der Waals surface area contributed by atoms with Crippen molar-refractivity contribution in [2.45, 2.75) is 12.8 Å². The highest BCUT2D eigenvalue weighted by Crippen LogP contribution is 2.31. The number of carbonyl (C=O) groups is 1. The van der Waals surface area contributed by atoms with Crippen molar-refractivity contribution >= 4 is 11.5 Å². The topological polar surface area (TPSA) is 73.0 Å². The first-order valence-electron chi connectivity index (χ1n) is 9.49. The third-order valence-corrected chi connectivity index (χ3v) is 4.69. The van der Waals surface area contributed by atoms with Gasteiger partial charge in [-0.25, -0.2) is 9.83 Å². The molecule has 0 spiro atoms. The fourth-order valence-electron chi connectivity index (χ4n) is 3.22. The van der Waals surface area contributed by atoms with Crippen LogP contribution in [0.4, 0.5) is 10.1 Å². The molecule has 0 amide bonds. The Hall–Kier alpha value is -4.31. The number of rotatable bonds is 6. The highest BCUT2D eigenvalue weighted by molar-refractivity contribution is 5.85. The molecule has 3 aromatic heterocycles. The largest absolute Gasteiger partial charge is 0.299 e. The van der Waals surface area contributed by atoms with Crippen molar-refractivity contribution in [1.82, 2.24) is 20.2 Å². The summed E-state index contributed by atoms with van der Waals surface area (Å²) in [5.41, 5.74) is 4.47. The molecule has 0 aliphatic heterocycles. The van der Waals surface area contributed by atoms with Gasteiger partial charge < -0.3 is 0 Å². The molecular formula is C24H16FN5O. The molecule has 0 aliphatic rings. The fraction of sp³-hybridized carbons (Fsp3) is 0.0833. The summed E-state index contributed by atoms with van der Waals surface area (Å²) in [6.07, 6.45) is 5.00. The van der Waals surface area contributed by atoms with Gasteiger partial charge in [-0.1, -0.05) is 23.8 Å². The van der Waals surface area contributed by atoms with Crippen LogP contribution >= 0.6 is 0 Å². The van der Waals surface area contributed by atoms with E-state index in [1.807, 2.05) is 12.1 Å². The molecule has 3 heterocycles. The third kappa shape index (κ3) is 4.82. The number of benzene rings is 1. The average Bonchev–Trinajstić information content (AvgIpc) is 2.80. The van der Waals surface area contributed by atoms with Gasteiger partial charge in [0.05, 0.1) is 12.3 Å². The number of hydrogen-bond donors (Lipinski definition) is 0. The summed E-state index contributed by atoms with van der Waals surface area (Å²) in [5.74, 6) is -0.621. The quantitative estimate of drug-likeness (QED) is 0.343. The molecule has 7 heteroatoms. The van der Waals surface area contributed by atoms with Gasteiger partial charge in [0.25, 0.3) is 0 Å². The van der Waals surface area contributed by atoms with Crippen molar-refractivity contribution in [2.75, 3.05) is 0 Å². The Labute approximate surface area is 178 Å². The normalized spacial score (nSPS) is 10.5. The van der Waals surface area contributed by atoms with Gasteiger partial charge in [0.2, 0.25) is 5.95 Å². The number of pyridine rings is 2. The summed E-state index contributed by atoms with van der Waals surface area (Å²) < 4.78 is 13.4. The van der Waals surface area contributed by atoms with Crippen molar-refractivity contribution < 1.29 is 9.18 Å². The van der Waals surface area contributed by atoms with Crippen LogP contribution in [0, 0.1) is 12.5 Å². The maximum atomic E-state index is 13.4. The number of ketones is 1. The number of nitrogens with zero attached hydrogens (tertiary/aromatic N) is 5. The molecule has 0 fully saturated rings. The summed E-state index contributed by atoms with van der Waals surface area (Å²) in [7, 11) is 0. The van der Waals surface area contributed by atoms with Crippen LogP contribution in [0.2, 0.25) is 0 Å². The molecule has 150 valence electrons. The van der Waals surface area contributed by atoms with Gasteiger partial charge in [-0.05, 0) is 47.5 Å². The van der Waals surface area contributed by atoms with E-state index in [9.17, 15) is 9.18 Å². The SMILES string of the molecule is [C-]#[N+]c1cc(CC(=O)Cc2ccc(-c3cccnn3)cn2)ccc1-c1ccnc(F)c1. The molecule has 1 aromatic carbocycles. The van der Waals surface area contributed by atoms with E-state index in [0.29, 0.717) is 28.2 Å². The van der Waals surface area contributed by atoms with Crippen LogP contribution in [-0.4, -0.2) is 25.9 Å². The molecule has 0 radical (unpaired) electrons. The van der Waals surface area contributed by atoms with Crippen molar-refractivity contribution in [1.29, 1.82) is 0 Å². The predicted octanol–water partition coefficient (Wildman–Crippen LogP) is 4.64. The maximum absolute atomic E-state index is 13.4. The molecule has 4 aromatic rings. The fourth-order valence-corrected chi connectivity index (χ4v) is 3.22. The second-order valence-corrected chi connectivity index (χ2v) is 6.87. The smallest absolute Gasteiger partial charge is 0.213 e. The molecule has 0 atom stereocenters. The molecule has 0 saturated heterocycles. The van der Waals surface area contributed by atoms with Crippen LogP contribution in [0.5, 0.6) is 0 Å². The Morgan fingerprint density at radius 2 is 1.87 bits per heavy atom. The van der Waals surface area contributed by atoms with Crippen LogP contribution < -0.4 is 0 Å². The van der Waals surface area contributed by atoms with Gasteiger partial charge in [-0.3, -0.25) is 9.78 Å².